The maximum absolute atomic E-state index is 13.3. The molecule has 156 valence electrons. The van der Waals surface area contributed by atoms with Crippen LogP contribution in [0.1, 0.15) is 17.0 Å². The number of aryl methyl sites for hydroxylation is 1. The molecule has 0 atom stereocenters. The molecular formula is C23H17ClFN3O3. The van der Waals surface area contributed by atoms with E-state index in [9.17, 15) is 18.8 Å². The first kappa shape index (κ1) is 20.6. The number of carbonyl (C=O) groups is 3. The van der Waals surface area contributed by atoms with Crippen LogP contribution in [0.15, 0.2) is 60.2 Å². The number of aromatic nitrogens is 1. The van der Waals surface area contributed by atoms with Gasteiger partial charge in [0.1, 0.15) is 11.4 Å². The average molecular weight is 438 g/mol. The molecule has 1 aromatic heterocycles. The lowest BCUT2D eigenvalue weighted by Gasteiger charge is -2.26. The molecule has 0 aliphatic carbocycles. The van der Waals surface area contributed by atoms with Gasteiger partial charge in [0.25, 0.3) is 11.8 Å². The molecule has 6 nitrogen and oxygen atoms in total. The number of nitrogens with zero attached hydrogens (tertiary/aromatic N) is 2. The quantitative estimate of drug-likeness (QED) is 0.482. The first-order chi connectivity index (χ1) is 14.8. The number of imide groups is 2. The van der Waals surface area contributed by atoms with Crippen LogP contribution < -0.4 is 10.2 Å². The van der Waals surface area contributed by atoms with E-state index < -0.39 is 17.8 Å². The highest BCUT2D eigenvalue weighted by Crippen LogP contribution is 2.27. The number of nitrogens with one attached hydrogen (secondary N) is 1. The molecule has 4 amide bonds. The van der Waals surface area contributed by atoms with E-state index in [0.717, 1.165) is 22.0 Å². The second kappa shape index (κ2) is 7.85. The number of hydrogen-bond acceptors (Lipinski definition) is 3. The molecule has 1 aliphatic heterocycles. The molecule has 0 spiro atoms. The van der Waals surface area contributed by atoms with Crippen molar-refractivity contribution >= 4 is 41.2 Å². The standard InChI is InChI=1S/C23H17ClFN3O3/c1-13-10-15(14(2)27(13)18-8-6-17(25)7-9-18)11-20-21(29)26-23(31)28(22(20)30)19-5-3-4-16(24)12-19/h3-12H,1-2H3,(H,26,29,31)/b20-11+. The van der Waals surface area contributed by atoms with Crippen molar-refractivity contribution in [1.29, 1.82) is 0 Å². The lowest BCUT2D eigenvalue weighted by atomic mass is 10.1. The highest BCUT2D eigenvalue weighted by molar-refractivity contribution is 6.39. The normalized spacial score (nSPS) is 15.5. The van der Waals surface area contributed by atoms with Gasteiger partial charge in [0.2, 0.25) is 0 Å². The van der Waals surface area contributed by atoms with E-state index in [1.807, 2.05) is 24.5 Å². The Bertz CT molecular complexity index is 1260. The summed E-state index contributed by atoms with van der Waals surface area (Å²) in [6, 6.07) is 13.2. The van der Waals surface area contributed by atoms with E-state index in [-0.39, 0.29) is 17.1 Å². The minimum absolute atomic E-state index is 0.182. The Kier molecular flexibility index (Phi) is 5.20. The SMILES string of the molecule is Cc1cc(/C=C2\C(=O)NC(=O)N(c3cccc(Cl)c3)C2=O)c(C)n1-c1ccc(F)cc1. The highest BCUT2D eigenvalue weighted by Gasteiger charge is 2.37. The highest BCUT2D eigenvalue weighted by atomic mass is 35.5. The molecule has 4 rings (SSSR count). The lowest BCUT2D eigenvalue weighted by molar-refractivity contribution is -0.122. The summed E-state index contributed by atoms with van der Waals surface area (Å²) >= 11 is 5.99. The zero-order valence-electron chi connectivity index (χ0n) is 16.6. The molecule has 0 unspecified atom stereocenters. The van der Waals surface area contributed by atoms with Gasteiger partial charge >= 0.3 is 6.03 Å². The monoisotopic (exact) mass is 437 g/mol. The van der Waals surface area contributed by atoms with Crippen molar-refractivity contribution in [2.45, 2.75) is 13.8 Å². The van der Waals surface area contributed by atoms with Crippen LogP contribution in [0, 0.1) is 19.7 Å². The van der Waals surface area contributed by atoms with Crippen molar-refractivity contribution in [1.82, 2.24) is 9.88 Å². The number of rotatable bonds is 3. The summed E-state index contributed by atoms with van der Waals surface area (Å²) in [4.78, 5) is 38.7. The predicted octanol–water partition coefficient (Wildman–Crippen LogP) is 4.55. The fourth-order valence-corrected chi connectivity index (χ4v) is 3.77. The van der Waals surface area contributed by atoms with E-state index >= 15 is 0 Å². The molecule has 2 aromatic carbocycles. The number of barbiturate groups is 1. The van der Waals surface area contributed by atoms with Crippen LogP contribution in [0.4, 0.5) is 14.9 Å². The molecule has 1 fully saturated rings. The van der Waals surface area contributed by atoms with E-state index in [0.29, 0.717) is 10.6 Å². The molecule has 2 heterocycles. The molecule has 3 aromatic rings. The van der Waals surface area contributed by atoms with Gasteiger partial charge in [-0.3, -0.25) is 14.9 Å². The first-order valence-electron chi connectivity index (χ1n) is 9.38. The van der Waals surface area contributed by atoms with Gasteiger partial charge < -0.3 is 4.57 Å². The summed E-state index contributed by atoms with van der Waals surface area (Å²) in [5.41, 5.74) is 3.03. The summed E-state index contributed by atoms with van der Waals surface area (Å²) < 4.78 is 15.2. The minimum Gasteiger partial charge on any atom is -0.318 e. The minimum atomic E-state index is -0.841. The third-order valence-corrected chi connectivity index (χ3v) is 5.26. The van der Waals surface area contributed by atoms with Crippen LogP contribution in [0.3, 0.4) is 0 Å². The van der Waals surface area contributed by atoms with Gasteiger partial charge in [-0.25, -0.2) is 14.1 Å². The summed E-state index contributed by atoms with van der Waals surface area (Å²) in [6.45, 7) is 3.69. The number of urea groups is 1. The zero-order chi connectivity index (χ0) is 22.3. The molecule has 8 heteroatoms. The van der Waals surface area contributed by atoms with Crippen molar-refractivity contribution in [2.24, 2.45) is 0 Å². The van der Waals surface area contributed by atoms with Crippen molar-refractivity contribution in [3.05, 3.63) is 88.0 Å². The van der Waals surface area contributed by atoms with Gasteiger partial charge in [-0.05, 0) is 74.0 Å². The van der Waals surface area contributed by atoms with E-state index in [1.165, 1.54) is 24.3 Å². The fourth-order valence-electron chi connectivity index (χ4n) is 3.58. The smallest absolute Gasteiger partial charge is 0.318 e. The Morgan fingerprint density at radius 1 is 0.968 bits per heavy atom. The van der Waals surface area contributed by atoms with Crippen LogP contribution in [0.2, 0.25) is 5.02 Å². The molecule has 0 bridgehead atoms. The Hall–Kier alpha value is -3.71. The van der Waals surface area contributed by atoms with Crippen molar-refractivity contribution in [3.8, 4) is 5.69 Å². The number of halogens is 2. The Morgan fingerprint density at radius 3 is 2.35 bits per heavy atom. The third-order valence-electron chi connectivity index (χ3n) is 5.02. The van der Waals surface area contributed by atoms with Gasteiger partial charge in [0, 0.05) is 22.1 Å². The van der Waals surface area contributed by atoms with Gasteiger partial charge in [0.05, 0.1) is 5.69 Å². The largest absolute Gasteiger partial charge is 0.335 e. The maximum atomic E-state index is 13.3. The number of amides is 4. The van der Waals surface area contributed by atoms with E-state index in [4.69, 9.17) is 11.6 Å². The van der Waals surface area contributed by atoms with Crippen LogP contribution in [-0.2, 0) is 9.59 Å². The van der Waals surface area contributed by atoms with Crippen molar-refractivity contribution < 1.29 is 18.8 Å². The van der Waals surface area contributed by atoms with Gasteiger partial charge in [-0.15, -0.1) is 0 Å². The second-order valence-corrected chi connectivity index (χ2v) is 7.51. The summed E-state index contributed by atoms with van der Waals surface area (Å²) in [5, 5.41) is 2.54. The summed E-state index contributed by atoms with van der Waals surface area (Å²) in [5.74, 6) is -1.87. The van der Waals surface area contributed by atoms with Crippen LogP contribution >= 0.6 is 11.6 Å². The van der Waals surface area contributed by atoms with Crippen molar-refractivity contribution in [3.63, 3.8) is 0 Å². The summed E-state index contributed by atoms with van der Waals surface area (Å²) in [7, 11) is 0. The number of anilines is 1. The topological polar surface area (TPSA) is 71.4 Å². The molecule has 1 saturated heterocycles. The number of benzene rings is 2. The molecule has 1 N–H and O–H groups in total. The van der Waals surface area contributed by atoms with Crippen LogP contribution in [0.5, 0.6) is 0 Å². The summed E-state index contributed by atoms with van der Waals surface area (Å²) in [6.07, 6.45) is 1.45. The molecule has 1 aliphatic rings. The number of hydrogen-bond donors (Lipinski definition) is 1. The average Bonchev–Trinajstić information content (AvgIpc) is 2.99. The van der Waals surface area contributed by atoms with Crippen molar-refractivity contribution in [2.75, 3.05) is 4.90 Å². The Morgan fingerprint density at radius 2 is 1.68 bits per heavy atom. The Labute approximate surface area is 182 Å². The van der Waals surface area contributed by atoms with Gasteiger partial charge in [-0.2, -0.15) is 0 Å². The lowest BCUT2D eigenvalue weighted by Crippen LogP contribution is -2.54. The zero-order valence-corrected chi connectivity index (χ0v) is 17.4. The molecule has 31 heavy (non-hydrogen) atoms. The third kappa shape index (κ3) is 3.75. The van der Waals surface area contributed by atoms with E-state index in [2.05, 4.69) is 5.32 Å². The number of carbonyl (C=O) groups excluding carboxylic acids is 3. The Balaban J connectivity index is 1.76. The molecule has 0 saturated carbocycles. The van der Waals surface area contributed by atoms with Crippen LogP contribution in [-0.4, -0.2) is 22.4 Å². The fraction of sp³-hybridized carbons (Fsp3) is 0.0870. The molecular weight excluding hydrogens is 421 g/mol. The molecule has 0 radical (unpaired) electrons. The first-order valence-corrected chi connectivity index (χ1v) is 9.76. The maximum Gasteiger partial charge on any atom is 0.335 e. The van der Waals surface area contributed by atoms with Crippen LogP contribution in [0.25, 0.3) is 11.8 Å². The van der Waals surface area contributed by atoms with Gasteiger partial charge in [0.15, 0.2) is 0 Å². The predicted molar refractivity (Wildman–Crippen MR) is 116 cm³/mol. The van der Waals surface area contributed by atoms with E-state index in [1.54, 1.807) is 30.3 Å². The van der Waals surface area contributed by atoms with Gasteiger partial charge in [-0.1, -0.05) is 17.7 Å². The second-order valence-electron chi connectivity index (χ2n) is 7.08.